The van der Waals surface area contributed by atoms with Gasteiger partial charge in [0.25, 0.3) is 5.91 Å². The lowest BCUT2D eigenvalue weighted by atomic mass is 10.2. The third-order valence-corrected chi connectivity index (χ3v) is 2.61. The maximum absolute atomic E-state index is 11.8. The Morgan fingerprint density at radius 3 is 2.41 bits per heavy atom. The number of carbonyl (C=O) groups excluding carboxylic acids is 2. The van der Waals surface area contributed by atoms with Crippen LogP contribution >= 0.6 is 11.6 Å². The maximum Gasteiger partial charge on any atom is 0.253 e. The van der Waals surface area contributed by atoms with Crippen molar-refractivity contribution in [1.29, 1.82) is 0 Å². The average molecular weight is 255 g/mol. The highest BCUT2D eigenvalue weighted by Crippen LogP contribution is 2.14. The second-order valence-electron chi connectivity index (χ2n) is 3.91. The van der Waals surface area contributed by atoms with E-state index < -0.39 is 6.04 Å². The number of benzene rings is 1. The van der Waals surface area contributed by atoms with Crippen molar-refractivity contribution in [3.8, 4) is 0 Å². The van der Waals surface area contributed by atoms with E-state index in [2.05, 4.69) is 5.32 Å². The summed E-state index contributed by atoms with van der Waals surface area (Å²) in [6, 6.07) is 6.14. The second kappa shape index (κ2) is 5.68. The van der Waals surface area contributed by atoms with Crippen molar-refractivity contribution in [3.63, 3.8) is 0 Å². The minimum atomic E-state index is -0.575. The molecule has 0 aliphatic carbocycles. The van der Waals surface area contributed by atoms with Gasteiger partial charge >= 0.3 is 0 Å². The van der Waals surface area contributed by atoms with E-state index >= 15 is 0 Å². The Kier molecular flexibility index (Phi) is 4.52. The number of nitrogens with one attached hydrogen (secondary N) is 1. The van der Waals surface area contributed by atoms with E-state index in [1.165, 1.54) is 4.90 Å². The second-order valence-corrected chi connectivity index (χ2v) is 4.31. The van der Waals surface area contributed by atoms with E-state index in [4.69, 9.17) is 11.6 Å². The van der Waals surface area contributed by atoms with Gasteiger partial charge in [-0.15, -0.1) is 0 Å². The molecule has 0 bridgehead atoms. The Balaban J connectivity index is 2.74. The van der Waals surface area contributed by atoms with Crippen molar-refractivity contribution < 1.29 is 9.59 Å². The number of nitrogens with zero attached hydrogens (tertiary/aromatic N) is 1. The molecule has 5 heteroatoms. The van der Waals surface area contributed by atoms with Crippen LogP contribution in [-0.4, -0.2) is 36.9 Å². The summed E-state index contributed by atoms with van der Waals surface area (Å²) in [5, 5.41) is 2.97. The van der Waals surface area contributed by atoms with Gasteiger partial charge in [-0.2, -0.15) is 0 Å². The lowest BCUT2D eigenvalue weighted by Gasteiger charge is -2.18. The van der Waals surface area contributed by atoms with Gasteiger partial charge in [-0.05, 0) is 19.1 Å². The van der Waals surface area contributed by atoms with Gasteiger partial charge in [0.15, 0.2) is 0 Å². The molecule has 0 saturated carbocycles. The molecular weight excluding hydrogens is 240 g/mol. The Labute approximate surface area is 106 Å². The number of rotatable bonds is 3. The van der Waals surface area contributed by atoms with Crippen LogP contribution in [0.5, 0.6) is 0 Å². The first kappa shape index (κ1) is 13.5. The van der Waals surface area contributed by atoms with Gasteiger partial charge in [-0.1, -0.05) is 23.7 Å². The van der Waals surface area contributed by atoms with E-state index in [-0.39, 0.29) is 11.8 Å². The molecule has 0 aliphatic heterocycles. The number of halogens is 1. The minimum Gasteiger partial charge on any atom is -0.347 e. The Bertz CT molecular complexity index is 432. The summed E-state index contributed by atoms with van der Waals surface area (Å²) in [6.45, 7) is 1.64. The van der Waals surface area contributed by atoms with E-state index in [9.17, 15) is 9.59 Å². The summed E-state index contributed by atoms with van der Waals surface area (Å²) >= 11 is 5.89. The molecule has 2 amide bonds. The van der Waals surface area contributed by atoms with Gasteiger partial charge in [-0.25, -0.2) is 0 Å². The summed E-state index contributed by atoms with van der Waals surface area (Å²) in [4.78, 5) is 24.8. The largest absolute Gasteiger partial charge is 0.347 e. The molecule has 0 spiro atoms. The van der Waals surface area contributed by atoms with Crippen LogP contribution in [0.1, 0.15) is 17.3 Å². The standard InChI is InChI=1S/C12H15ClN2O2/c1-8(12(17)15(2)3)14-11(16)9-6-4-5-7-10(9)13/h4-8H,1-3H3,(H,14,16)/t8-/m0/s1. The zero-order chi connectivity index (χ0) is 13.0. The van der Waals surface area contributed by atoms with Crippen molar-refractivity contribution >= 4 is 23.4 Å². The smallest absolute Gasteiger partial charge is 0.253 e. The first-order valence-electron chi connectivity index (χ1n) is 5.20. The molecule has 17 heavy (non-hydrogen) atoms. The lowest BCUT2D eigenvalue weighted by Crippen LogP contribution is -2.44. The van der Waals surface area contributed by atoms with Crippen LogP contribution in [-0.2, 0) is 4.79 Å². The van der Waals surface area contributed by atoms with Crippen LogP contribution in [0.4, 0.5) is 0 Å². The normalized spacial score (nSPS) is 11.8. The van der Waals surface area contributed by atoms with Crippen LogP contribution in [0.3, 0.4) is 0 Å². The van der Waals surface area contributed by atoms with Gasteiger partial charge < -0.3 is 10.2 Å². The third kappa shape index (κ3) is 3.46. The molecule has 1 rings (SSSR count). The summed E-state index contributed by atoms with van der Waals surface area (Å²) in [5.41, 5.74) is 0.368. The van der Waals surface area contributed by atoms with E-state index in [1.807, 2.05) is 0 Å². The number of hydrogen-bond acceptors (Lipinski definition) is 2. The minimum absolute atomic E-state index is 0.162. The molecule has 1 N–H and O–H groups in total. The van der Waals surface area contributed by atoms with Crippen molar-refractivity contribution in [2.24, 2.45) is 0 Å². The predicted molar refractivity (Wildman–Crippen MR) is 67.1 cm³/mol. The van der Waals surface area contributed by atoms with Gasteiger partial charge in [-0.3, -0.25) is 9.59 Å². The van der Waals surface area contributed by atoms with Crippen LogP contribution in [0, 0.1) is 0 Å². The topological polar surface area (TPSA) is 49.4 Å². The SMILES string of the molecule is C[C@H](NC(=O)c1ccccc1Cl)C(=O)N(C)C. The summed E-state index contributed by atoms with van der Waals surface area (Å²) < 4.78 is 0. The van der Waals surface area contributed by atoms with Crippen LogP contribution in [0.2, 0.25) is 5.02 Å². The molecule has 0 heterocycles. The first-order valence-corrected chi connectivity index (χ1v) is 5.58. The molecule has 0 radical (unpaired) electrons. The summed E-state index contributed by atoms with van der Waals surface area (Å²) in [7, 11) is 3.28. The Morgan fingerprint density at radius 2 is 1.88 bits per heavy atom. The highest BCUT2D eigenvalue weighted by Gasteiger charge is 2.18. The molecule has 1 atom stereocenters. The first-order chi connectivity index (χ1) is 7.93. The number of likely N-dealkylation sites (N-methyl/N-ethyl adjacent to an activating group) is 1. The van der Waals surface area contributed by atoms with Crippen LogP contribution < -0.4 is 5.32 Å². The van der Waals surface area contributed by atoms with E-state index in [1.54, 1.807) is 45.3 Å². The van der Waals surface area contributed by atoms with Gasteiger partial charge in [0.05, 0.1) is 10.6 Å². The fourth-order valence-electron chi connectivity index (χ4n) is 1.37. The molecule has 0 fully saturated rings. The predicted octanol–water partition coefficient (Wildman–Crippen LogP) is 1.55. The van der Waals surface area contributed by atoms with Gasteiger partial charge in [0.2, 0.25) is 5.91 Å². The fourth-order valence-corrected chi connectivity index (χ4v) is 1.59. The number of amides is 2. The van der Waals surface area contributed by atoms with Crippen molar-refractivity contribution in [3.05, 3.63) is 34.9 Å². The van der Waals surface area contributed by atoms with Gasteiger partial charge in [0, 0.05) is 14.1 Å². The van der Waals surface area contributed by atoms with Crippen molar-refractivity contribution in [2.75, 3.05) is 14.1 Å². The molecule has 0 aromatic heterocycles. The summed E-state index contributed by atoms with van der Waals surface area (Å²) in [6.07, 6.45) is 0. The average Bonchev–Trinajstić information content (AvgIpc) is 2.28. The number of carbonyl (C=O) groups is 2. The maximum atomic E-state index is 11.8. The van der Waals surface area contributed by atoms with E-state index in [0.29, 0.717) is 10.6 Å². The summed E-state index contributed by atoms with van der Waals surface area (Å²) in [5.74, 6) is -0.510. The number of hydrogen-bond donors (Lipinski definition) is 1. The van der Waals surface area contributed by atoms with Crippen LogP contribution in [0.25, 0.3) is 0 Å². The van der Waals surface area contributed by atoms with Crippen molar-refractivity contribution in [1.82, 2.24) is 10.2 Å². The molecular formula is C12H15ClN2O2. The van der Waals surface area contributed by atoms with E-state index in [0.717, 1.165) is 0 Å². The molecule has 1 aromatic carbocycles. The van der Waals surface area contributed by atoms with Gasteiger partial charge in [0.1, 0.15) is 6.04 Å². The Morgan fingerprint density at radius 1 is 1.29 bits per heavy atom. The lowest BCUT2D eigenvalue weighted by molar-refractivity contribution is -0.130. The molecule has 1 aromatic rings. The van der Waals surface area contributed by atoms with Crippen LogP contribution in [0.15, 0.2) is 24.3 Å². The zero-order valence-electron chi connectivity index (χ0n) is 10.0. The van der Waals surface area contributed by atoms with Crippen molar-refractivity contribution in [2.45, 2.75) is 13.0 Å². The molecule has 4 nitrogen and oxygen atoms in total. The molecule has 0 unspecified atom stereocenters. The molecule has 0 aliphatic rings. The molecule has 0 saturated heterocycles. The monoisotopic (exact) mass is 254 g/mol. The third-order valence-electron chi connectivity index (χ3n) is 2.28. The highest BCUT2D eigenvalue weighted by atomic mass is 35.5. The quantitative estimate of drug-likeness (QED) is 0.890. The fraction of sp³-hybridized carbons (Fsp3) is 0.333. The highest BCUT2D eigenvalue weighted by molar-refractivity contribution is 6.33. The Hall–Kier alpha value is -1.55. The zero-order valence-corrected chi connectivity index (χ0v) is 10.8. The molecule has 92 valence electrons.